The van der Waals surface area contributed by atoms with Gasteiger partial charge in [-0.05, 0) is 12.8 Å². The minimum atomic E-state index is -4.46. The summed E-state index contributed by atoms with van der Waals surface area (Å²) < 4.78 is 26.5. The molecule has 0 bridgehead atoms. The van der Waals surface area contributed by atoms with Crippen molar-refractivity contribution < 1.29 is 23.3 Å². The Morgan fingerprint density at radius 1 is 1.60 bits per heavy atom. The Bertz CT molecular complexity index is 172. The minimum Gasteiger partial charge on any atom is -0.303 e. The lowest BCUT2D eigenvalue weighted by Gasteiger charge is -2.06. The first kappa shape index (κ1) is 8.14. The van der Waals surface area contributed by atoms with Gasteiger partial charge in [-0.3, -0.25) is 4.52 Å². The predicted molar refractivity (Wildman–Crippen MR) is 31.1 cm³/mol. The van der Waals surface area contributed by atoms with E-state index in [2.05, 4.69) is 4.52 Å². The van der Waals surface area contributed by atoms with Crippen LogP contribution in [0.2, 0.25) is 0 Å². The summed E-state index contributed by atoms with van der Waals surface area (Å²) in [7, 11) is -4.46. The molecule has 0 heterocycles. The molecule has 0 aromatic rings. The Morgan fingerprint density at radius 2 is 2.10 bits per heavy atom. The molecule has 0 atom stereocenters. The largest absolute Gasteiger partial charge is 0.469 e. The molecule has 10 heavy (non-hydrogen) atoms. The zero-order valence-corrected chi connectivity index (χ0v) is 6.05. The maximum absolute atomic E-state index is 12.6. The first-order valence-corrected chi connectivity index (χ1v) is 4.33. The normalized spacial score (nSPS) is 22.7. The zero-order chi connectivity index (χ0) is 7.83. The molecular weight excluding hydrogens is 162 g/mol. The van der Waals surface area contributed by atoms with Crippen LogP contribution in [0.1, 0.15) is 12.8 Å². The molecule has 60 valence electrons. The van der Waals surface area contributed by atoms with E-state index in [4.69, 9.17) is 9.79 Å². The molecule has 0 radical (unpaired) electrons. The highest BCUT2D eigenvalue weighted by Crippen LogP contribution is 2.45. The lowest BCUT2D eigenvalue weighted by Crippen LogP contribution is -2.08. The SMILES string of the molecule is O=P(O)(O)OCC1(F)CC1. The second kappa shape index (κ2) is 2.27. The van der Waals surface area contributed by atoms with E-state index in [1.54, 1.807) is 0 Å². The van der Waals surface area contributed by atoms with Crippen LogP contribution in [0.4, 0.5) is 4.39 Å². The Morgan fingerprint density at radius 3 is 2.40 bits per heavy atom. The van der Waals surface area contributed by atoms with Crippen molar-refractivity contribution in [3.8, 4) is 0 Å². The molecule has 0 saturated heterocycles. The van der Waals surface area contributed by atoms with E-state index in [1.807, 2.05) is 0 Å². The van der Waals surface area contributed by atoms with E-state index in [0.29, 0.717) is 12.8 Å². The molecule has 0 unspecified atom stereocenters. The fourth-order valence-corrected chi connectivity index (χ4v) is 0.879. The summed E-state index contributed by atoms with van der Waals surface area (Å²) in [5, 5.41) is 0. The molecular formula is C4H8FO4P. The van der Waals surface area contributed by atoms with E-state index in [1.165, 1.54) is 0 Å². The number of halogens is 1. The maximum atomic E-state index is 12.6. The first-order valence-electron chi connectivity index (χ1n) is 2.80. The van der Waals surface area contributed by atoms with Crippen LogP contribution < -0.4 is 0 Å². The van der Waals surface area contributed by atoms with Crippen molar-refractivity contribution >= 4 is 7.82 Å². The number of hydrogen-bond donors (Lipinski definition) is 2. The smallest absolute Gasteiger partial charge is 0.303 e. The highest BCUT2D eigenvalue weighted by molar-refractivity contribution is 7.46. The van der Waals surface area contributed by atoms with Gasteiger partial charge in [-0.15, -0.1) is 0 Å². The van der Waals surface area contributed by atoms with Gasteiger partial charge >= 0.3 is 7.82 Å². The van der Waals surface area contributed by atoms with Gasteiger partial charge in [-0.25, -0.2) is 8.96 Å². The summed E-state index contributed by atoms with van der Waals surface area (Å²) in [6.45, 7) is -0.489. The molecule has 6 heteroatoms. The highest BCUT2D eigenvalue weighted by Gasteiger charge is 2.45. The number of phosphoric ester groups is 1. The monoisotopic (exact) mass is 170 g/mol. The zero-order valence-electron chi connectivity index (χ0n) is 5.16. The molecule has 0 spiro atoms. The van der Waals surface area contributed by atoms with E-state index in [9.17, 15) is 8.96 Å². The van der Waals surface area contributed by atoms with Crippen LogP contribution in [0, 0.1) is 0 Å². The Hall–Kier alpha value is 0.0400. The summed E-state index contributed by atoms with van der Waals surface area (Å²) >= 11 is 0. The maximum Gasteiger partial charge on any atom is 0.469 e. The van der Waals surface area contributed by atoms with Crippen molar-refractivity contribution in [3.63, 3.8) is 0 Å². The van der Waals surface area contributed by atoms with Gasteiger partial charge < -0.3 is 9.79 Å². The van der Waals surface area contributed by atoms with Gasteiger partial charge in [-0.2, -0.15) is 0 Å². The fourth-order valence-electron chi connectivity index (χ4n) is 0.480. The van der Waals surface area contributed by atoms with Gasteiger partial charge in [0.1, 0.15) is 5.67 Å². The van der Waals surface area contributed by atoms with Crippen molar-refractivity contribution in [2.24, 2.45) is 0 Å². The summed E-state index contributed by atoms with van der Waals surface area (Å²) in [6, 6.07) is 0. The molecule has 1 aliphatic carbocycles. The molecule has 0 amide bonds. The van der Waals surface area contributed by atoms with Crippen molar-refractivity contribution in [2.75, 3.05) is 6.61 Å². The number of phosphoric acid groups is 1. The standard InChI is InChI=1S/C4H8FO4P/c5-4(1-2-4)3-9-10(6,7)8/h1-3H2,(H2,6,7,8). The van der Waals surface area contributed by atoms with Crippen LogP contribution in [0.3, 0.4) is 0 Å². The number of alkyl halides is 1. The van der Waals surface area contributed by atoms with Crippen LogP contribution in [0.15, 0.2) is 0 Å². The van der Waals surface area contributed by atoms with Crippen LogP contribution in [-0.2, 0) is 9.09 Å². The third-order valence-corrected chi connectivity index (χ3v) is 1.75. The Kier molecular flexibility index (Phi) is 1.85. The number of hydrogen-bond acceptors (Lipinski definition) is 2. The van der Waals surface area contributed by atoms with Crippen molar-refractivity contribution in [3.05, 3.63) is 0 Å². The molecule has 0 aliphatic heterocycles. The van der Waals surface area contributed by atoms with Gasteiger partial charge in [0.05, 0.1) is 6.61 Å². The molecule has 1 saturated carbocycles. The molecule has 4 nitrogen and oxygen atoms in total. The summed E-state index contributed by atoms with van der Waals surface area (Å²) in [5.74, 6) is 0. The van der Waals surface area contributed by atoms with Crippen LogP contribution >= 0.6 is 7.82 Å². The lowest BCUT2D eigenvalue weighted by molar-refractivity contribution is 0.131. The van der Waals surface area contributed by atoms with Crippen molar-refractivity contribution in [2.45, 2.75) is 18.5 Å². The topological polar surface area (TPSA) is 66.8 Å². The summed E-state index contributed by atoms with van der Waals surface area (Å²) in [6.07, 6.45) is 0.681. The van der Waals surface area contributed by atoms with Gasteiger partial charge in [0.25, 0.3) is 0 Å². The third-order valence-electron chi connectivity index (χ3n) is 1.28. The average molecular weight is 170 g/mol. The molecule has 0 aromatic carbocycles. The van der Waals surface area contributed by atoms with Crippen LogP contribution in [0.5, 0.6) is 0 Å². The van der Waals surface area contributed by atoms with Crippen LogP contribution in [-0.4, -0.2) is 22.1 Å². The highest BCUT2D eigenvalue weighted by atomic mass is 31.2. The van der Waals surface area contributed by atoms with E-state index in [0.717, 1.165) is 0 Å². The second-order valence-corrected chi connectivity index (χ2v) is 3.65. The predicted octanol–water partition coefficient (Wildman–Crippen LogP) is 0.598. The van der Waals surface area contributed by atoms with Gasteiger partial charge in [0.15, 0.2) is 0 Å². The van der Waals surface area contributed by atoms with E-state index < -0.39 is 20.1 Å². The van der Waals surface area contributed by atoms with Gasteiger partial charge in [0.2, 0.25) is 0 Å². The second-order valence-electron chi connectivity index (χ2n) is 2.41. The summed E-state index contributed by atoms with van der Waals surface area (Å²) in [5.41, 5.74) is -1.46. The molecule has 1 aliphatic rings. The van der Waals surface area contributed by atoms with E-state index >= 15 is 0 Å². The number of rotatable bonds is 3. The Labute approximate surface area is 57.2 Å². The quantitative estimate of drug-likeness (QED) is 0.608. The minimum absolute atomic E-state index is 0.340. The molecule has 2 N–H and O–H groups in total. The molecule has 0 aromatic heterocycles. The fraction of sp³-hybridized carbons (Fsp3) is 1.00. The lowest BCUT2D eigenvalue weighted by atomic mass is 10.4. The van der Waals surface area contributed by atoms with Crippen molar-refractivity contribution in [1.29, 1.82) is 0 Å². The van der Waals surface area contributed by atoms with Gasteiger partial charge in [-0.1, -0.05) is 0 Å². The first-order chi connectivity index (χ1) is 4.41. The van der Waals surface area contributed by atoms with Crippen LogP contribution in [0.25, 0.3) is 0 Å². The van der Waals surface area contributed by atoms with Gasteiger partial charge in [0, 0.05) is 0 Å². The van der Waals surface area contributed by atoms with E-state index in [-0.39, 0.29) is 0 Å². The Balaban J connectivity index is 2.23. The molecule has 1 fully saturated rings. The third kappa shape index (κ3) is 2.75. The summed E-state index contributed by atoms with van der Waals surface area (Å²) in [4.78, 5) is 16.3. The molecule has 1 rings (SSSR count). The average Bonchev–Trinajstić information content (AvgIpc) is 2.43. The van der Waals surface area contributed by atoms with Crippen molar-refractivity contribution in [1.82, 2.24) is 0 Å².